The second-order valence-electron chi connectivity index (χ2n) is 7.88. The third-order valence-corrected chi connectivity index (χ3v) is 5.46. The summed E-state index contributed by atoms with van der Waals surface area (Å²) in [4.78, 5) is 16.3. The molecule has 0 radical (unpaired) electrons. The highest BCUT2D eigenvalue weighted by Gasteiger charge is 2.27. The number of pyridine rings is 1. The molecule has 3 aromatic heterocycles. The van der Waals surface area contributed by atoms with Gasteiger partial charge in [0.2, 0.25) is 17.5 Å². The lowest BCUT2D eigenvalue weighted by atomic mass is 9.82. The number of carbonyl (C=O) groups excluding carboxylic acids is 1. The van der Waals surface area contributed by atoms with Crippen LogP contribution in [0.3, 0.4) is 0 Å². The van der Waals surface area contributed by atoms with Gasteiger partial charge in [-0.25, -0.2) is 0 Å². The lowest BCUT2D eigenvalue weighted by Gasteiger charge is -2.26. The molecule has 3 heterocycles. The highest BCUT2D eigenvalue weighted by Crippen LogP contribution is 2.35. The maximum atomic E-state index is 12.3. The highest BCUT2D eigenvalue weighted by atomic mass is 16.5. The zero-order valence-electron chi connectivity index (χ0n) is 16.7. The van der Waals surface area contributed by atoms with Crippen molar-refractivity contribution < 1.29 is 13.7 Å². The molecule has 0 saturated heterocycles. The van der Waals surface area contributed by atoms with Crippen molar-refractivity contribution in [1.29, 1.82) is 0 Å². The van der Waals surface area contributed by atoms with Gasteiger partial charge >= 0.3 is 0 Å². The highest BCUT2D eigenvalue weighted by molar-refractivity contribution is 5.91. The Balaban J connectivity index is 1.26. The molecule has 29 heavy (non-hydrogen) atoms. The molecule has 0 spiro atoms. The summed E-state index contributed by atoms with van der Waals surface area (Å²) < 4.78 is 11.0. The van der Waals surface area contributed by atoms with E-state index in [1.54, 1.807) is 18.5 Å². The molecule has 0 bridgehead atoms. The molecule has 1 fully saturated rings. The number of nitrogens with zero attached hydrogens (tertiary/aromatic N) is 4. The summed E-state index contributed by atoms with van der Waals surface area (Å²) in [7, 11) is 0. The van der Waals surface area contributed by atoms with E-state index in [2.05, 4.69) is 25.7 Å². The van der Waals surface area contributed by atoms with Gasteiger partial charge in [0.1, 0.15) is 0 Å². The van der Waals surface area contributed by atoms with Crippen LogP contribution in [0.2, 0.25) is 0 Å². The summed E-state index contributed by atoms with van der Waals surface area (Å²) in [5.41, 5.74) is 1.67. The van der Waals surface area contributed by atoms with Crippen LogP contribution < -0.4 is 5.32 Å². The third kappa shape index (κ3) is 4.52. The van der Waals surface area contributed by atoms with Crippen molar-refractivity contribution in [1.82, 2.24) is 25.7 Å². The second-order valence-corrected chi connectivity index (χ2v) is 7.88. The molecule has 152 valence electrons. The first-order chi connectivity index (χ1) is 14.1. The monoisotopic (exact) mass is 395 g/mol. The van der Waals surface area contributed by atoms with E-state index in [1.807, 2.05) is 26.0 Å². The van der Waals surface area contributed by atoms with Gasteiger partial charge in [-0.05, 0) is 49.7 Å². The van der Waals surface area contributed by atoms with Gasteiger partial charge in [0.25, 0.3) is 5.91 Å². The van der Waals surface area contributed by atoms with Crippen LogP contribution in [-0.2, 0) is 0 Å². The molecular weight excluding hydrogens is 370 g/mol. The van der Waals surface area contributed by atoms with Crippen LogP contribution in [0.1, 0.15) is 73.5 Å². The zero-order chi connectivity index (χ0) is 20.2. The Morgan fingerprint density at radius 1 is 1.17 bits per heavy atom. The summed E-state index contributed by atoms with van der Waals surface area (Å²) in [6.07, 6.45) is 7.37. The van der Waals surface area contributed by atoms with Crippen LogP contribution in [0.15, 0.2) is 39.5 Å². The summed E-state index contributed by atoms with van der Waals surface area (Å²) in [5, 5.41) is 15.3. The van der Waals surface area contributed by atoms with Crippen molar-refractivity contribution >= 4 is 5.91 Å². The molecule has 0 atom stereocenters. The van der Waals surface area contributed by atoms with Gasteiger partial charge in [0.05, 0.1) is 5.69 Å². The quantitative estimate of drug-likeness (QED) is 0.673. The van der Waals surface area contributed by atoms with E-state index < -0.39 is 0 Å². The topological polar surface area (TPSA) is 107 Å². The number of rotatable bonds is 6. The molecule has 1 aliphatic rings. The Bertz CT molecular complexity index is 942. The largest absolute Gasteiger partial charge is 0.420 e. The number of carbonyl (C=O) groups is 1. The molecule has 8 nitrogen and oxygen atoms in total. The van der Waals surface area contributed by atoms with Gasteiger partial charge in [-0.15, -0.1) is 10.2 Å². The van der Waals surface area contributed by atoms with Crippen molar-refractivity contribution in [2.45, 2.75) is 51.4 Å². The predicted octanol–water partition coefficient (Wildman–Crippen LogP) is 3.95. The van der Waals surface area contributed by atoms with Crippen LogP contribution in [0.5, 0.6) is 0 Å². The second kappa shape index (κ2) is 8.55. The Morgan fingerprint density at radius 3 is 2.62 bits per heavy atom. The molecule has 4 rings (SSSR count). The molecule has 8 heteroatoms. The van der Waals surface area contributed by atoms with Gasteiger partial charge < -0.3 is 14.3 Å². The molecule has 0 aromatic carbocycles. The summed E-state index contributed by atoms with van der Waals surface area (Å²) in [6, 6.07) is 5.43. The molecule has 1 saturated carbocycles. The number of hydrogen-bond acceptors (Lipinski definition) is 7. The summed E-state index contributed by atoms with van der Waals surface area (Å²) in [5.74, 6) is 2.24. The number of hydrogen-bond donors (Lipinski definition) is 1. The van der Waals surface area contributed by atoms with E-state index in [-0.39, 0.29) is 23.5 Å². The normalized spacial score (nSPS) is 19.4. The van der Waals surface area contributed by atoms with Crippen LogP contribution >= 0.6 is 0 Å². The molecule has 0 unspecified atom stereocenters. The Morgan fingerprint density at radius 2 is 1.93 bits per heavy atom. The molecular formula is C21H25N5O3. The minimum Gasteiger partial charge on any atom is -0.420 e. The third-order valence-electron chi connectivity index (χ3n) is 5.46. The Labute approximate surface area is 169 Å². The maximum Gasteiger partial charge on any atom is 0.289 e. The molecule has 3 aromatic rings. The predicted molar refractivity (Wildman–Crippen MR) is 105 cm³/mol. The van der Waals surface area contributed by atoms with Crippen molar-refractivity contribution in [2.24, 2.45) is 5.92 Å². The maximum absolute atomic E-state index is 12.3. The van der Waals surface area contributed by atoms with Crippen molar-refractivity contribution in [3.8, 4) is 11.5 Å². The van der Waals surface area contributed by atoms with E-state index in [4.69, 9.17) is 8.94 Å². The summed E-state index contributed by atoms with van der Waals surface area (Å²) in [6.45, 7) is 4.66. The van der Waals surface area contributed by atoms with Crippen molar-refractivity contribution in [3.63, 3.8) is 0 Å². The fourth-order valence-electron chi connectivity index (χ4n) is 3.62. The van der Waals surface area contributed by atoms with E-state index >= 15 is 0 Å². The first-order valence-electron chi connectivity index (χ1n) is 10.1. The van der Waals surface area contributed by atoms with Crippen LogP contribution in [0, 0.1) is 5.92 Å². The van der Waals surface area contributed by atoms with Gasteiger partial charge in [0, 0.05) is 36.5 Å². The van der Waals surface area contributed by atoms with Crippen LogP contribution in [0.4, 0.5) is 0 Å². The molecule has 1 N–H and O–H groups in total. The standard InChI is InChI=1S/C21H25N5O3/c1-13(2)17-11-18(29-26-17)19(27)23-12-14-3-5-15(6-4-14)20-24-25-21(28-20)16-7-9-22-10-8-16/h7-11,13-15H,3-6,12H2,1-2H3,(H,23,27). The minimum atomic E-state index is -0.203. The van der Waals surface area contributed by atoms with Crippen LogP contribution in [-0.4, -0.2) is 32.8 Å². The lowest BCUT2D eigenvalue weighted by Crippen LogP contribution is -2.30. The SMILES string of the molecule is CC(C)c1cc(C(=O)NCC2CCC(c3nnc(-c4ccncc4)o3)CC2)on1. The van der Waals surface area contributed by atoms with Gasteiger partial charge in [-0.1, -0.05) is 19.0 Å². The van der Waals surface area contributed by atoms with Gasteiger partial charge in [-0.2, -0.15) is 0 Å². The van der Waals surface area contributed by atoms with Crippen LogP contribution in [0.25, 0.3) is 11.5 Å². The average Bonchev–Trinajstić information content (AvgIpc) is 3.43. The van der Waals surface area contributed by atoms with E-state index in [0.717, 1.165) is 36.9 Å². The van der Waals surface area contributed by atoms with E-state index in [9.17, 15) is 4.79 Å². The summed E-state index contributed by atoms with van der Waals surface area (Å²) >= 11 is 0. The lowest BCUT2D eigenvalue weighted by molar-refractivity contribution is 0.0905. The zero-order valence-corrected chi connectivity index (χ0v) is 16.7. The average molecular weight is 395 g/mol. The minimum absolute atomic E-state index is 0.203. The number of amides is 1. The Kier molecular flexibility index (Phi) is 5.69. The fourth-order valence-corrected chi connectivity index (χ4v) is 3.62. The fraction of sp³-hybridized carbons (Fsp3) is 0.476. The molecule has 1 amide bonds. The molecule has 1 aliphatic carbocycles. The smallest absolute Gasteiger partial charge is 0.289 e. The van der Waals surface area contributed by atoms with Gasteiger partial charge in [-0.3, -0.25) is 9.78 Å². The Hall–Kier alpha value is -3.03. The number of aromatic nitrogens is 4. The first-order valence-corrected chi connectivity index (χ1v) is 10.1. The van der Waals surface area contributed by atoms with Crippen molar-refractivity contribution in [3.05, 3.63) is 47.9 Å². The molecule has 0 aliphatic heterocycles. The van der Waals surface area contributed by atoms with Crippen molar-refractivity contribution in [2.75, 3.05) is 6.54 Å². The van der Waals surface area contributed by atoms with E-state index in [1.165, 1.54) is 0 Å². The van der Waals surface area contributed by atoms with Gasteiger partial charge in [0.15, 0.2) is 0 Å². The number of nitrogens with one attached hydrogen (secondary N) is 1. The van der Waals surface area contributed by atoms with E-state index in [0.29, 0.717) is 24.2 Å². The first kappa shape index (κ1) is 19.3.